The first-order chi connectivity index (χ1) is 12.3. The number of thiophene rings is 1. The molecular formula is C15H17Cl2N3O4S2. The van der Waals surface area contributed by atoms with Crippen molar-refractivity contribution in [3.8, 4) is 0 Å². The largest absolute Gasteiger partial charge is 0.344 e. The number of carbonyl (C=O) groups is 1. The van der Waals surface area contributed by atoms with Crippen molar-refractivity contribution in [1.29, 1.82) is 0 Å². The van der Waals surface area contributed by atoms with Crippen LogP contribution >= 0.6 is 34.5 Å². The lowest BCUT2D eigenvalue weighted by atomic mass is 10.1. The average Bonchev–Trinajstić information content (AvgIpc) is 3.19. The molecule has 3 rings (SSSR count). The quantitative estimate of drug-likeness (QED) is 0.717. The molecule has 2 aromatic rings. The molecule has 0 spiro atoms. The average molecular weight is 438 g/mol. The van der Waals surface area contributed by atoms with Crippen LogP contribution in [-0.4, -0.2) is 54.9 Å². The number of carbonyl (C=O) groups excluding carboxylic acids is 1. The van der Waals surface area contributed by atoms with Crippen LogP contribution < -0.4 is 0 Å². The van der Waals surface area contributed by atoms with Crippen molar-refractivity contribution in [1.82, 2.24) is 14.4 Å². The molecule has 0 saturated carbocycles. The Kier molecular flexibility index (Phi) is 5.93. The van der Waals surface area contributed by atoms with Crippen LogP contribution in [0.15, 0.2) is 20.9 Å². The third kappa shape index (κ3) is 4.07. The van der Waals surface area contributed by atoms with Crippen LogP contribution in [0.4, 0.5) is 0 Å². The predicted molar refractivity (Wildman–Crippen MR) is 99.2 cm³/mol. The van der Waals surface area contributed by atoms with Crippen LogP contribution in [0.5, 0.6) is 0 Å². The molecule has 7 nitrogen and oxygen atoms in total. The molecule has 1 aliphatic rings. The minimum absolute atomic E-state index is 0.0436. The molecule has 0 bridgehead atoms. The normalized spacial score (nSPS) is 16.2. The molecule has 142 valence electrons. The van der Waals surface area contributed by atoms with Gasteiger partial charge in [-0.05, 0) is 37.1 Å². The number of halogens is 2. The maximum Gasteiger partial charge on any atom is 0.252 e. The fraction of sp³-hybridized carbons (Fsp3) is 0.467. The van der Waals surface area contributed by atoms with E-state index in [1.807, 2.05) is 0 Å². The molecule has 0 N–H and O–H groups in total. The van der Waals surface area contributed by atoms with Crippen LogP contribution in [0.3, 0.4) is 0 Å². The van der Waals surface area contributed by atoms with E-state index < -0.39 is 10.0 Å². The Morgan fingerprint density at radius 1 is 1.27 bits per heavy atom. The van der Waals surface area contributed by atoms with Crippen molar-refractivity contribution in [2.45, 2.75) is 24.0 Å². The highest BCUT2D eigenvalue weighted by Gasteiger charge is 2.31. The highest BCUT2D eigenvalue weighted by Crippen LogP contribution is 2.28. The van der Waals surface area contributed by atoms with E-state index in [0.29, 0.717) is 29.5 Å². The highest BCUT2D eigenvalue weighted by molar-refractivity contribution is 7.91. The number of aryl methyl sites for hydroxylation is 1. The summed E-state index contributed by atoms with van der Waals surface area (Å²) in [5.74, 6) is -0.0436. The van der Waals surface area contributed by atoms with E-state index in [-0.39, 0.29) is 34.8 Å². The predicted octanol–water partition coefficient (Wildman–Crippen LogP) is 2.82. The van der Waals surface area contributed by atoms with Crippen molar-refractivity contribution < 1.29 is 17.7 Å². The molecule has 11 heteroatoms. The zero-order valence-corrected chi connectivity index (χ0v) is 17.1. The number of piperazine rings is 1. The Morgan fingerprint density at radius 3 is 2.50 bits per heavy atom. The van der Waals surface area contributed by atoms with E-state index in [0.717, 1.165) is 16.9 Å². The summed E-state index contributed by atoms with van der Waals surface area (Å²) < 4.78 is 32.1. The summed E-state index contributed by atoms with van der Waals surface area (Å²) in [5.41, 5.74) is 1.41. The summed E-state index contributed by atoms with van der Waals surface area (Å²) in [6.45, 7) is 3.00. The number of sulfonamides is 1. The van der Waals surface area contributed by atoms with Crippen LogP contribution in [0, 0.1) is 6.92 Å². The monoisotopic (exact) mass is 437 g/mol. The van der Waals surface area contributed by atoms with Gasteiger partial charge in [0.15, 0.2) is 0 Å². The van der Waals surface area contributed by atoms with Crippen molar-refractivity contribution in [2.75, 3.05) is 26.2 Å². The van der Waals surface area contributed by atoms with E-state index in [1.54, 1.807) is 17.9 Å². The lowest BCUT2D eigenvalue weighted by molar-refractivity contribution is -0.132. The zero-order valence-electron chi connectivity index (χ0n) is 13.9. The van der Waals surface area contributed by atoms with Gasteiger partial charge in [-0.25, -0.2) is 8.42 Å². The van der Waals surface area contributed by atoms with Crippen LogP contribution in [-0.2, 0) is 21.2 Å². The number of hydrogen-bond acceptors (Lipinski definition) is 6. The third-order valence-electron chi connectivity index (χ3n) is 4.26. The molecule has 1 saturated heterocycles. The summed E-state index contributed by atoms with van der Waals surface area (Å²) >= 11 is 12.8. The Bertz CT molecular complexity index is 882. The van der Waals surface area contributed by atoms with Gasteiger partial charge in [0.1, 0.15) is 4.21 Å². The van der Waals surface area contributed by atoms with E-state index in [1.165, 1.54) is 10.4 Å². The lowest BCUT2D eigenvalue weighted by Crippen LogP contribution is -2.50. The van der Waals surface area contributed by atoms with Gasteiger partial charge in [-0.3, -0.25) is 4.79 Å². The summed E-state index contributed by atoms with van der Waals surface area (Å²) in [5, 5.41) is 3.97. The first-order valence-corrected chi connectivity index (χ1v) is 10.9. The topological polar surface area (TPSA) is 83.7 Å². The molecule has 1 aliphatic heterocycles. The van der Waals surface area contributed by atoms with Gasteiger partial charge in [0.2, 0.25) is 11.1 Å². The summed E-state index contributed by atoms with van der Waals surface area (Å²) in [7, 11) is -3.56. The number of hydrogen-bond donors (Lipinski definition) is 0. The maximum absolute atomic E-state index is 12.6. The summed E-state index contributed by atoms with van der Waals surface area (Å²) in [6, 6.07) is 3.07. The molecule has 3 heterocycles. The van der Waals surface area contributed by atoms with E-state index in [4.69, 9.17) is 27.7 Å². The van der Waals surface area contributed by atoms with Gasteiger partial charge in [0.25, 0.3) is 10.0 Å². The van der Waals surface area contributed by atoms with Gasteiger partial charge < -0.3 is 9.42 Å². The fourth-order valence-electron chi connectivity index (χ4n) is 2.77. The first kappa shape index (κ1) is 19.6. The van der Waals surface area contributed by atoms with Crippen molar-refractivity contribution in [3.63, 3.8) is 0 Å². The lowest BCUT2D eigenvalue weighted by Gasteiger charge is -2.33. The molecule has 1 amide bonds. The van der Waals surface area contributed by atoms with Crippen LogP contribution in [0.1, 0.15) is 17.7 Å². The molecule has 0 radical (unpaired) electrons. The number of amides is 1. The summed E-state index contributed by atoms with van der Waals surface area (Å²) in [6.07, 6.45) is 0.717. The Hall–Kier alpha value is -1.13. The second-order valence-electron chi connectivity index (χ2n) is 5.86. The minimum Gasteiger partial charge on any atom is -0.344 e. The smallest absolute Gasteiger partial charge is 0.252 e. The SMILES string of the molecule is Cc1noc(Cl)c1CCC(=O)N1CCN(S(=O)(=O)c2ccc(Cl)s2)CC1. The Balaban J connectivity index is 1.55. The van der Waals surface area contributed by atoms with Crippen LogP contribution in [0.2, 0.25) is 9.56 Å². The van der Waals surface area contributed by atoms with Gasteiger partial charge in [0, 0.05) is 38.2 Å². The van der Waals surface area contributed by atoms with Gasteiger partial charge in [-0.15, -0.1) is 11.3 Å². The minimum atomic E-state index is -3.56. The summed E-state index contributed by atoms with van der Waals surface area (Å²) in [4.78, 5) is 14.1. The second kappa shape index (κ2) is 7.85. The third-order valence-corrected chi connectivity index (χ3v) is 8.15. The fourth-order valence-corrected chi connectivity index (χ4v) is 6.10. The molecule has 26 heavy (non-hydrogen) atoms. The van der Waals surface area contributed by atoms with Gasteiger partial charge in [0.05, 0.1) is 10.0 Å². The number of aromatic nitrogens is 1. The first-order valence-electron chi connectivity index (χ1n) is 7.93. The molecular weight excluding hydrogens is 421 g/mol. The van der Waals surface area contributed by atoms with Crippen molar-refractivity contribution in [2.24, 2.45) is 0 Å². The number of rotatable bonds is 5. The number of nitrogens with zero attached hydrogens (tertiary/aromatic N) is 3. The van der Waals surface area contributed by atoms with Crippen molar-refractivity contribution >= 4 is 50.5 Å². The van der Waals surface area contributed by atoms with Crippen LogP contribution in [0.25, 0.3) is 0 Å². The van der Waals surface area contributed by atoms with Gasteiger partial charge in [-0.2, -0.15) is 4.31 Å². The second-order valence-corrected chi connectivity index (χ2v) is 10.1. The molecule has 0 aromatic carbocycles. The molecule has 0 atom stereocenters. The standard InChI is InChI=1S/C15H17Cl2N3O4S2/c1-10-11(15(17)24-18-10)2-4-13(21)19-6-8-20(9-7-19)26(22,23)14-5-3-12(16)25-14/h3,5H,2,4,6-9H2,1H3. The van der Waals surface area contributed by atoms with E-state index >= 15 is 0 Å². The van der Waals surface area contributed by atoms with Crippen molar-refractivity contribution in [3.05, 3.63) is 32.9 Å². The molecule has 0 aliphatic carbocycles. The molecule has 2 aromatic heterocycles. The molecule has 0 unspecified atom stereocenters. The van der Waals surface area contributed by atoms with E-state index in [2.05, 4.69) is 5.16 Å². The Morgan fingerprint density at radius 2 is 1.96 bits per heavy atom. The zero-order chi connectivity index (χ0) is 18.9. The highest BCUT2D eigenvalue weighted by atomic mass is 35.5. The van der Waals surface area contributed by atoms with Gasteiger partial charge >= 0.3 is 0 Å². The molecule has 1 fully saturated rings. The Labute approximate surface area is 165 Å². The van der Waals surface area contributed by atoms with E-state index in [9.17, 15) is 13.2 Å². The maximum atomic E-state index is 12.6. The van der Waals surface area contributed by atoms with Gasteiger partial charge in [-0.1, -0.05) is 16.8 Å².